The summed E-state index contributed by atoms with van der Waals surface area (Å²) in [5.74, 6) is 0.0286. The summed E-state index contributed by atoms with van der Waals surface area (Å²) >= 11 is 0. The van der Waals surface area contributed by atoms with Crippen molar-refractivity contribution in [1.82, 2.24) is 0 Å². The van der Waals surface area contributed by atoms with Gasteiger partial charge in [-0.2, -0.15) is 4.99 Å². The molecule has 0 spiro atoms. The molecule has 0 aromatic heterocycles. The number of carbonyl (C=O) groups excluding carboxylic acids is 1. The number of hydrogen-bond donors (Lipinski definition) is 2. The van der Waals surface area contributed by atoms with Crippen molar-refractivity contribution in [2.75, 3.05) is 0 Å². The molecule has 1 aliphatic carbocycles. The fourth-order valence-electron chi connectivity index (χ4n) is 1.75. The third-order valence-corrected chi connectivity index (χ3v) is 2.61. The highest BCUT2D eigenvalue weighted by Crippen LogP contribution is 2.23. The molecule has 1 aliphatic rings. The molecule has 1 saturated carbocycles. The lowest BCUT2D eigenvalue weighted by Crippen LogP contribution is -2.34. The van der Waals surface area contributed by atoms with Crippen LogP contribution >= 0.6 is 0 Å². The zero-order chi connectivity index (χ0) is 13.1. The first-order valence-corrected chi connectivity index (χ1v) is 5.91. The molecule has 0 aliphatic heterocycles. The summed E-state index contributed by atoms with van der Waals surface area (Å²) in [4.78, 5) is 15.0. The van der Waals surface area contributed by atoms with Crippen molar-refractivity contribution in [2.45, 2.75) is 57.8 Å². The number of aliphatic hydroxyl groups is 2. The van der Waals surface area contributed by atoms with Crippen molar-refractivity contribution in [2.24, 2.45) is 10.9 Å². The van der Waals surface area contributed by atoms with E-state index in [0.717, 1.165) is 6.42 Å². The average molecular weight is 243 g/mol. The van der Waals surface area contributed by atoms with Crippen LogP contribution in [0.1, 0.15) is 40.0 Å². The molecule has 2 N–H and O–H groups in total. The van der Waals surface area contributed by atoms with Gasteiger partial charge in [-0.15, -0.1) is 0 Å². The number of amides is 1. The second-order valence-electron chi connectivity index (χ2n) is 5.47. The first-order chi connectivity index (χ1) is 7.78. The lowest BCUT2D eigenvalue weighted by molar-refractivity contribution is -0.0160. The standard InChI is InChI=1S/C12H21NO4/c1-12(2,3)17-11(16)13-7-8-4-5-9(14)10(15)6-8/h7-10,14-15H,4-6H2,1-3H3. The molecule has 0 aromatic carbocycles. The Morgan fingerprint density at radius 1 is 1.29 bits per heavy atom. The van der Waals surface area contributed by atoms with Gasteiger partial charge in [0.25, 0.3) is 0 Å². The van der Waals surface area contributed by atoms with Crippen molar-refractivity contribution in [3.63, 3.8) is 0 Å². The fourth-order valence-corrected chi connectivity index (χ4v) is 1.75. The SMILES string of the molecule is CC(C)(C)OC(=O)N=CC1CCC(O)C(O)C1. The molecule has 98 valence electrons. The van der Waals surface area contributed by atoms with E-state index in [9.17, 15) is 15.0 Å². The molecule has 1 fully saturated rings. The Balaban J connectivity index is 2.41. The monoisotopic (exact) mass is 243 g/mol. The summed E-state index contributed by atoms with van der Waals surface area (Å²) in [5.41, 5.74) is -0.545. The minimum absolute atomic E-state index is 0.0286. The van der Waals surface area contributed by atoms with E-state index in [1.807, 2.05) is 0 Å². The van der Waals surface area contributed by atoms with Crippen LogP contribution in [0.5, 0.6) is 0 Å². The van der Waals surface area contributed by atoms with Gasteiger partial charge in [-0.3, -0.25) is 0 Å². The van der Waals surface area contributed by atoms with Gasteiger partial charge < -0.3 is 14.9 Å². The van der Waals surface area contributed by atoms with E-state index in [4.69, 9.17) is 4.74 Å². The normalized spacial score (nSPS) is 30.5. The zero-order valence-corrected chi connectivity index (χ0v) is 10.6. The highest BCUT2D eigenvalue weighted by atomic mass is 16.6. The van der Waals surface area contributed by atoms with E-state index < -0.39 is 23.9 Å². The van der Waals surface area contributed by atoms with Crippen molar-refractivity contribution in [1.29, 1.82) is 0 Å². The van der Waals surface area contributed by atoms with Gasteiger partial charge in [-0.25, -0.2) is 4.79 Å². The molecule has 5 nitrogen and oxygen atoms in total. The third kappa shape index (κ3) is 5.28. The molecule has 0 radical (unpaired) electrons. The van der Waals surface area contributed by atoms with Crippen LogP contribution < -0.4 is 0 Å². The van der Waals surface area contributed by atoms with E-state index >= 15 is 0 Å². The van der Waals surface area contributed by atoms with Gasteiger partial charge >= 0.3 is 6.09 Å². The molecule has 5 heteroatoms. The largest absolute Gasteiger partial charge is 0.442 e. The van der Waals surface area contributed by atoms with E-state index in [1.165, 1.54) is 6.21 Å². The number of ether oxygens (including phenoxy) is 1. The molecule has 3 unspecified atom stereocenters. The van der Waals surface area contributed by atoms with Gasteiger partial charge in [0.2, 0.25) is 0 Å². The molecular formula is C12H21NO4. The van der Waals surface area contributed by atoms with Crippen LogP contribution in [0.15, 0.2) is 4.99 Å². The summed E-state index contributed by atoms with van der Waals surface area (Å²) in [7, 11) is 0. The summed E-state index contributed by atoms with van der Waals surface area (Å²) < 4.78 is 5.03. The maximum atomic E-state index is 11.3. The van der Waals surface area contributed by atoms with Crippen LogP contribution in [0.25, 0.3) is 0 Å². The van der Waals surface area contributed by atoms with Gasteiger partial charge in [0, 0.05) is 6.21 Å². The zero-order valence-electron chi connectivity index (χ0n) is 10.6. The Morgan fingerprint density at radius 2 is 1.94 bits per heavy atom. The van der Waals surface area contributed by atoms with Crippen molar-refractivity contribution < 1.29 is 19.7 Å². The number of aliphatic hydroxyl groups excluding tert-OH is 2. The van der Waals surface area contributed by atoms with Crippen LogP contribution in [-0.2, 0) is 4.74 Å². The van der Waals surface area contributed by atoms with Gasteiger partial charge in [0.1, 0.15) is 5.60 Å². The number of carbonyl (C=O) groups is 1. The Labute approximate surface area is 102 Å². The highest BCUT2D eigenvalue weighted by molar-refractivity contribution is 5.80. The van der Waals surface area contributed by atoms with Crippen molar-refractivity contribution >= 4 is 12.3 Å². The molecule has 1 amide bonds. The Morgan fingerprint density at radius 3 is 2.47 bits per heavy atom. The minimum Gasteiger partial charge on any atom is -0.442 e. The van der Waals surface area contributed by atoms with Gasteiger partial charge in [0.05, 0.1) is 12.2 Å². The summed E-state index contributed by atoms with van der Waals surface area (Å²) in [6, 6.07) is 0. The maximum Gasteiger partial charge on any atom is 0.433 e. The van der Waals surface area contributed by atoms with Crippen molar-refractivity contribution in [3.8, 4) is 0 Å². The summed E-state index contributed by atoms with van der Waals surface area (Å²) in [5, 5.41) is 18.8. The topological polar surface area (TPSA) is 79.1 Å². The summed E-state index contributed by atoms with van der Waals surface area (Å²) in [6.45, 7) is 5.34. The van der Waals surface area contributed by atoms with Crippen LogP contribution in [-0.4, -0.2) is 40.3 Å². The second-order valence-corrected chi connectivity index (χ2v) is 5.47. The molecule has 17 heavy (non-hydrogen) atoms. The maximum absolute atomic E-state index is 11.3. The quantitative estimate of drug-likeness (QED) is 0.684. The van der Waals surface area contributed by atoms with Crippen LogP contribution in [0.4, 0.5) is 4.79 Å². The molecule has 1 rings (SSSR count). The molecular weight excluding hydrogens is 222 g/mol. The second kappa shape index (κ2) is 5.60. The fraction of sp³-hybridized carbons (Fsp3) is 0.833. The molecule has 0 aromatic rings. The van der Waals surface area contributed by atoms with Gasteiger partial charge in [-0.05, 0) is 46.0 Å². The van der Waals surface area contributed by atoms with Gasteiger partial charge in [0.15, 0.2) is 0 Å². The first-order valence-electron chi connectivity index (χ1n) is 5.91. The number of rotatable bonds is 1. The van der Waals surface area contributed by atoms with Crippen LogP contribution in [0.2, 0.25) is 0 Å². The highest BCUT2D eigenvalue weighted by Gasteiger charge is 2.26. The Hall–Kier alpha value is -0.940. The van der Waals surface area contributed by atoms with E-state index in [2.05, 4.69) is 4.99 Å². The Bertz CT molecular complexity index is 295. The molecule has 0 heterocycles. The minimum atomic E-state index is -0.723. The Kier molecular flexibility index (Phi) is 4.65. The predicted molar refractivity (Wildman–Crippen MR) is 64.1 cm³/mol. The first kappa shape index (κ1) is 14.1. The predicted octanol–water partition coefficient (Wildman–Crippen LogP) is 1.51. The number of hydrogen-bond acceptors (Lipinski definition) is 4. The third-order valence-electron chi connectivity index (χ3n) is 2.61. The van der Waals surface area contributed by atoms with E-state index in [0.29, 0.717) is 12.8 Å². The smallest absolute Gasteiger partial charge is 0.433 e. The van der Waals surface area contributed by atoms with Crippen molar-refractivity contribution in [3.05, 3.63) is 0 Å². The summed E-state index contributed by atoms with van der Waals surface area (Å²) in [6.07, 6.45) is 1.23. The number of aliphatic imine (C=N–C) groups is 1. The van der Waals surface area contributed by atoms with Crippen LogP contribution in [0, 0.1) is 5.92 Å². The van der Waals surface area contributed by atoms with E-state index in [-0.39, 0.29) is 5.92 Å². The van der Waals surface area contributed by atoms with Crippen LogP contribution in [0.3, 0.4) is 0 Å². The molecule has 0 saturated heterocycles. The molecule has 0 bridgehead atoms. The average Bonchev–Trinajstić information content (AvgIpc) is 2.17. The lowest BCUT2D eigenvalue weighted by atomic mass is 9.86. The van der Waals surface area contributed by atoms with E-state index in [1.54, 1.807) is 20.8 Å². The number of nitrogens with zero attached hydrogens (tertiary/aromatic N) is 1. The van der Waals surface area contributed by atoms with Gasteiger partial charge in [-0.1, -0.05) is 0 Å². The lowest BCUT2D eigenvalue weighted by Gasteiger charge is -2.27. The molecule has 3 atom stereocenters.